The Morgan fingerprint density at radius 2 is 1.81 bits per heavy atom. The summed E-state index contributed by atoms with van der Waals surface area (Å²) in [6.45, 7) is 0. The molecule has 0 spiro atoms. The Balaban J connectivity index is 1.44. The average Bonchev–Trinajstić information content (AvgIpc) is 3.44. The van der Waals surface area contributed by atoms with E-state index in [1.807, 2.05) is 42.5 Å². The molecule has 0 radical (unpaired) electrons. The Morgan fingerprint density at radius 3 is 2.58 bits per heavy atom. The van der Waals surface area contributed by atoms with E-state index in [1.165, 1.54) is 28.5 Å². The number of carbonyl (C=O) groups excluding carboxylic acids is 1. The van der Waals surface area contributed by atoms with Gasteiger partial charge in [-0.3, -0.25) is 4.79 Å². The van der Waals surface area contributed by atoms with Crippen molar-refractivity contribution in [3.05, 3.63) is 83.9 Å². The van der Waals surface area contributed by atoms with Crippen LogP contribution in [0.3, 0.4) is 0 Å². The van der Waals surface area contributed by atoms with Crippen molar-refractivity contribution in [2.75, 3.05) is 11.5 Å². The van der Waals surface area contributed by atoms with E-state index < -0.39 is 0 Å². The number of benzene rings is 3. The number of anilines is 1. The highest BCUT2D eigenvalue weighted by Gasteiger charge is 2.33. The predicted molar refractivity (Wildman–Crippen MR) is 126 cm³/mol. The molecule has 0 bridgehead atoms. The lowest BCUT2D eigenvalue weighted by Gasteiger charge is -2.21. The summed E-state index contributed by atoms with van der Waals surface area (Å²) in [6, 6.07) is 24.5. The lowest BCUT2D eigenvalue weighted by molar-refractivity contribution is -0.130. The molecule has 1 atom stereocenters. The molecule has 2 heterocycles. The molecular formula is C23H19N5OS2. The highest BCUT2D eigenvalue weighted by Crippen LogP contribution is 2.34. The van der Waals surface area contributed by atoms with Crippen molar-refractivity contribution in [1.29, 1.82) is 0 Å². The van der Waals surface area contributed by atoms with Crippen LogP contribution < -0.4 is 5.73 Å². The van der Waals surface area contributed by atoms with Gasteiger partial charge >= 0.3 is 0 Å². The molecule has 5 rings (SSSR count). The second-order valence-corrected chi connectivity index (χ2v) is 9.40. The first-order valence-corrected chi connectivity index (χ1v) is 11.6. The highest BCUT2D eigenvalue weighted by atomic mass is 32.2. The Hall–Kier alpha value is -3.23. The van der Waals surface area contributed by atoms with E-state index in [1.54, 1.807) is 5.01 Å². The smallest absolute Gasteiger partial charge is 0.253 e. The van der Waals surface area contributed by atoms with Crippen LogP contribution in [0.5, 0.6) is 0 Å². The number of aromatic nitrogens is 2. The lowest BCUT2D eigenvalue weighted by Crippen LogP contribution is -2.28. The molecule has 1 aromatic heterocycles. The van der Waals surface area contributed by atoms with Crippen molar-refractivity contribution in [3.63, 3.8) is 0 Å². The zero-order valence-corrected chi connectivity index (χ0v) is 18.1. The molecule has 1 aliphatic heterocycles. The van der Waals surface area contributed by atoms with Gasteiger partial charge < -0.3 is 5.73 Å². The van der Waals surface area contributed by atoms with Gasteiger partial charge in [-0.15, -0.1) is 10.2 Å². The van der Waals surface area contributed by atoms with Gasteiger partial charge in [0.05, 0.1) is 17.5 Å². The standard InChI is InChI=1S/C23H19N5OS2/c24-22-25-26-23(31-22)30-14-21(29)28-20(16-7-2-1-3-8-16)13-19(27-28)18-11-10-15-6-4-5-9-17(15)12-18/h1-12,20H,13-14H2,(H2,24,25)/t20-/m0/s1. The third kappa shape index (κ3) is 4.17. The van der Waals surface area contributed by atoms with Crippen molar-refractivity contribution in [2.24, 2.45) is 5.10 Å². The number of hydrazone groups is 1. The van der Waals surface area contributed by atoms with Crippen LogP contribution >= 0.6 is 23.1 Å². The third-order valence-electron chi connectivity index (χ3n) is 5.17. The molecule has 0 unspecified atom stereocenters. The minimum Gasteiger partial charge on any atom is -0.374 e. The van der Waals surface area contributed by atoms with Crippen molar-refractivity contribution >= 4 is 50.6 Å². The largest absolute Gasteiger partial charge is 0.374 e. The third-order valence-corrected chi connectivity index (χ3v) is 7.04. The first-order valence-electron chi connectivity index (χ1n) is 9.83. The maximum absolute atomic E-state index is 13.1. The quantitative estimate of drug-likeness (QED) is 0.449. The monoisotopic (exact) mass is 445 g/mol. The molecular weight excluding hydrogens is 426 g/mol. The van der Waals surface area contributed by atoms with Gasteiger partial charge in [-0.2, -0.15) is 5.10 Å². The number of amides is 1. The number of nitrogens with two attached hydrogens (primary N) is 1. The lowest BCUT2D eigenvalue weighted by atomic mass is 9.97. The molecule has 1 aliphatic rings. The molecule has 0 saturated heterocycles. The molecule has 6 nitrogen and oxygen atoms in total. The van der Waals surface area contributed by atoms with E-state index in [9.17, 15) is 4.79 Å². The van der Waals surface area contributed by atoms with Gasteiger partial charge in [-0.1, -0.05) is 89.8 Å². The molecule has 31 heavy (non-hydrogen) atoms. The number of nitrogen functional groups attached to an aromatic ring is 1. The SMILES string of the molecule is Nc1nnc(SCC(=O)N2N=C(c3ccc4ccccc4c3)C[C@H]2c2ccccc2)s1. The molecule has 2 N–H and O–H groups in total. The van der Waals surface area contributed by atoms with Crippen LogP contribution in [0.4, 0.5) is 5.13 Å². The Kier molecular flexibility index (Phi) is 5.40. The van der Waals surface area contributed by atoms with Crippen LogP contribution in [0.2, 0.25) is 0 Å². The van der Waals surface area contributed by atoms with Crippen LogP contribution in [0.15, 0.2) is 82.2 Å². The van der Waals surface area contributed by atoms with Gasteiger partial charge in [0, 0.05) is 6.42 Å². The molecule has 8 heteroatoms. The van der Waals surface area contributed by atoms with Gasteiger partial charge in [0.2, 0.25) is 5.13 Å². The van der Waals surface area contributed by atoms with E-state index in [0.717, 1.165) is 22.2 Å². The van der Waals surface area contributed by atoms with Crippen molar-refractivity contribution in [1.82, 2.24) is 15.2 Å². The average molecular weight is 446 g/mol. The second-order valence-electron chi connectivity index (χ2n) is 7.17. The summed E-state index contributed by atoms with van der Waals surface area (Å²) in [5, 5.41) is 16.9. The van der Waals surface area contributed by atoms with E-state index >= 15 is 0 Å². The zero-order chi connectivity index (χ0) is 21.2. The van der Waals surface area contributed by atoms with E-state index in [0.29, 0.717) is 15.9 Å². The van der Waals surface area contributed by atoms with Crippen LogP contribution in [0.1, 0.15) is 23.6 Å². The Labute approximate surface area is 187 Å². The number of rotatable bonds is 5. The van der Waals surface area contributed by atoms with Crippen molar-refractivity contribution in [2.45, 2.75) is 16.8 Å². The molecule has 0 aliphatic carbocycles. The molecule has 0 fully saturated rings. The fraction of sp³-hybridized carbons (Fsp3) is 0.130. The van der Waals surface area contributed by atoms with Gasteiger partial charge in [0.25, 0.3) is 5.91 Å². The van der Waals surface area contributed by atoms with E-state index in [-0.39, 0.29) is 17.7 Å². The van der Waals surface area contributed by atoms with E-state index in [2.05, 4.69) is 40.5 Å². The summed E-state index contributed by atoms with van der Waals surface area (Å²) in [7, 11) is 0. The topological polar surface area (TPSA) is 84.5 Å². The number of hydrogen-bond acceptors (Lipinski definition) is 7. The van der Waals surface area contributed by atoms with Gasteiger partial charge in [-0.25, -0.2) is 5.01 Å². The normalized spacial score (nSPS) is 15.9. The van der Waals surface area contributed by atoms with E-state index in [4.69, 9.17) is 10.8 Å². The van der Waals surface area contributed by atoms with Crippen LogP contribution in [-0.4, -0.2) is 32.6 Å². The summed E-state index contributed by atoms with van der Waals surface area (Å²) in [5.74, 6) is 0.162. The maximum Gasteiger partial charge on any atom is 0.253 e. The number of fused-ring (bicyclic) bond motifs is 1. The summed E-state index contributed by atoms with van der Waals surface area (Å²) < 4.78 is 0.681. The number of thioether (sulfide) groups is 1. The number of carbonyl (C=O) groups is 1. The molecule has 0 saturated carbocycles. The predicted octanol–water partition coefficient (Wildman–Crippen LogP) is 4.74. The maximum atomic E-state index is 13.1. The van der Waals surface area contributed by atoms with Gasteiger partial charge in [-0.05, 0) is 28.0 Å². The van der Waals surface area contributed by atoms with Crippen LogP contribution in [-0.2, 0) is 4.79 Å². The fourth-order valence-electron chi connectivity index (χ4n) is 3.69. The first kappa shape index (κ1) is 19.7. The summed E-state index contributed by atoms with van der Waals surface area (Å²) in [4.78, 5) is 13.1. The second kappa shape index (κ2) is 8.49. The van der Waals surface area contributed by atoms with Crippen molar-refractivity contribution in [3.8, 4) is 0 Å². The minimum absolute atomic E-state index is 0.0663. The first-order chi connectivity index (χ1) is 15.2. The highest BCUT2D eigenvalue weighted by molar-refractivity contribution is 8.01. The summed E-state index contributed by atoms with van der Waals surface area (Å²) in [5.41, 5.74) is 8.67. The number of hydrogen-bond donors (Lipinski definition) is 1. The molecule has 1 amide bonds. The van der Waals surface area contributed by atoms with Crippen LogP contribution in [0.25, 0.3) is 10.8 Å². The van der Waals surface area contributed by atoms with Gasteiger partial charge in [0.15, 0.2) is 4.34 Å². The van der Waals surface area contributed by atoms with Crippen LogP contribution in [0, 0.1) is 0 Å². The zero-order valence-electron chi connectivity index (χ0n) is 16.5. The minimum atomic E-state index is -0.129. The number of nitrogens with zero attached hydrogens (tertiary/aromatic N) is 4. The molecule has 4 aromatic rings. The fourth-order valence-corrected chi connectivity index (χ4v) is 5.18. The summed E-state index contributed by atoms with van der Waals surface area (Å²) in [6.07, 6.45) is 0.671. The van der Waals surface area contributed by atoms with Crippen molar-refractivity contribution < 1.29 is 4.79 Å². The molecule has 154 valence electrons. The molecule has 3 aromatic carbocycles. The Bertz CT molecular complexity index is 1270. The van der Waals surface area contributed by atoms with Gasteiger partial charge in [0.1, 0.15) is 0 Å². The summed E-state index contributed by atoms with van der Waals surface area (Å²) >= 11 is 2.62. The Morgan fingerprint density at radius 1 is 1.03 bits per heavy atom.